The van der Waals surface area contributed by atoms with Crippen LogP contribution in [0, 0.1) is 13.8 Å². The number of fused-ring (bicyclic) bond motifs is 1. The summed E-state index contributed by atoms with van der Waals surface area (Å²) in [5.41, 5.74) is 2.56. The maximum atomic E-state index is 12.3. The van der Waals surface area contributed by atoms with Gasteiger partial charge in [-0.15, -0.1) is 0 Å². The van der Waals surface area contributed by atoms with Crippen LogP contribution in [0.15, 0.2) is 16.9 Å². The van der Waals surface area contributed by atoms with Gasteiger partial charge in [-0.3, -0.25) is 9.59 Å². The standard InChI is InChI=1S/C17H19NO4/c1-5-6-14(19)11-7-12-15(20)8-13(17(21)22-4)18-16(12)10(3)9(11)2/h7-8H,5-6H2,1-4H3,(H,18,20). The fourth-order valence-corrected chi connectivity index (χ4v) is 2.52. The summed E-state index contributed by atoms with van der Waals surface area (Å²) in [7, 11) is 1.26. The average Bonchev–Trinajstić information content (AvgIpc) is 2.50. The summed E-state index contributed by atoms with van der Waals surface area (Å²) < 4.78 is 4.64. The summed E-state index contributed by atoms with van der Waals surface area (Å²) in [6.45, 7) is 5.62. The highest BCUT2D eigenvalue weighted by atomic mass is 16.5. The number of aromatic amines is 1. The third-order valence-corrected chi connectivity index (χ3v) is 3.88. The van der Waals surface area contributed by atoms with Crippen LogP contribution in [0.1, 0.15) is 51.7 Å². The zero-order valence-electron chi connectivity index (χ0n) is 13.2. The summed E-state index contributed by atoms with van der Waals surface area (Å²) in [6, 6.07) is 2.83. The number of H-pyrrole nitrogens is 1. The first-order valence-corrected chi connectivity index (χ1v) is 7.19. The van der Waals surface area contributed by atoms with Gasteiger partial charge in [0.15, 0.2) is 11.2 Å². The number of rotatable bonds is 4. The topological polar surface area (TPSA) is 76.2 Å². The molecule has 0 fully saturated rings. The fraction of sp³-hybridized carbons (Fsp3) is 0.353. The second-order valence-corrected chi connectivity index (χ2v) is 5.31. The van der Waals surface area contributed by atoms with Crippen LogP contribution < -0.4 is 5.43 Å². The average molecular weight is 301 g/mol. The molecule has 0 radical (unpaired) electrons. The molecule has 0 amide bonds. The third-order valence-electron chi connectivity index (χ3n) is 3.88. The lowest BCUT2D eigenvalue weighted by Gasteiger charge is -2.12. The van der Waals surface area contributed by atoms with Gasteiger partial charge in [-0.25, -0.2) is 4.79 Å². The summed E-state index contributed by atoms with van der Waals surface area (Å²) >= 11 is 0. The minimum atomic E-state index is -0.595. The van der Waals surface area contributed by atoms with E-state index in [0.717, 1.165) is 17.5 Å². The Balaban J connectivity index is 2.77. The van der Waals surface area contributed by atoms with Crippen LogP contribution in [0.25, 0.3) is 10.9 Å². The van der Waals surface area contributed by atoms with Crippen molar-refractivity contribution in [1.29, 1.82) is 0 Å². The maximum Gasteiger partial charge on any atom is 0.354 e. The maximum absolute atomic E-state index is 12.3. The minimum absolute atomic E-state index is 0.0291. The molecule has 2 aromatic rings. The van der Waals surface area contributed by atoms with Crippen molar-refractivity contribution >= 4 is 22.7 Å². The van der Waals surface area contributed by atoms with E-state index in [1.807, 2.05) is 20.8 Å². The quantitative estimate of drug-likeness (QED) is 0.696. The molecule has 1 N–H and O–H groups in total. The SMILES string of the molecule is CCCC(=O)c1cc2c(=O)cc(C(=O)OC)[nH]c2c(C)c1C. The Labute approximate surface area is 128 Å². The molecule has 116 valence electrons. The highest BCUT2D eigenvalue weighted by Gasteiger charge is 2.17. The van der Waals surface area contributed by atoms with Crippen LogP contribution in [-0.2, 0) is 4.74 Å². The number of ether oxygens (including phenoxy) is 1. The van der Waals surface area contributed by atoms with Gasteiger partial charge in [0, 0.05) is 23.4 Å². The lowest BCUT2D eigenvalue weighted by molar-refractivity contribution is 0.0594. The minimum Gasteiger partial charge on any atom is -0.464 e. The van der Waals surface area contributed by atoms with Gasteiger partial charge in [0.25, 0.3) is 0 Å². The molecule has 1 heterocycles. The van der Waals surface area contributed by atoms with Gasteiger partial charge in [0.2, 0.25) is 0 Å². The first-order valence-electron chi connectivity index (χ1n) is 7.19. The molecular weight excluding hydrogens is 282 g/mol. The normalized spacial score (nSPS) is 10.7. The summed E-state index contributed by atoms with van der Waals surface area (Å²) in [5, 5.41) is 0.412. The molecule has 1 aromatic heterocycles. The molecule has 0 bridgehead atoms. The lowest BCUT2D eigenvalue weighted by atomic mass is 9.94. The number of carbonyl (C=O) groups excluding carboxylic acids is 2. The van der Waals surface area contributed by atoms with Crippen LogP contribution in [0.5, 0.6) is 0 Å². The molecule has 5 heteroatoms. The number of Topliss-reactive ketones (excluding diaryl/α,β-unsaturated/α-hetero) is 1. The number of methoxy groups -OCH3 is 1. The smallest absolute Gasteiger partial charge is 0.354 e. The number of esters is 1. The Morgan fingerprint density at radius 1 is 1.18 bits per heavy atom. The van der Waals surface area contributed by atoms with Crippen molar-refractivity contribution in [2.45, 2.75) is 33.6 Å². The molecule has 0 aliphatic rings. The van der Waals surface area contributed by atoms with Crippen LogP contribution in [0.2, 0.25) is 0 Å². The predicted octanol–water partition coefficient (Wildman–Crippen LogP) is 2.91. The summed E-state index contributed by atoms with van der Waals surface area (Å²) in [4.78, 5) is 39.0. The number of benzene rings is 1. The number of ketones is 1. The number of nitrogens with one attached hydrogen (secondary N) is 1. The number of hydrogen-bond donors (Lipinski definition) is 1. The zero-order chi connectivity index (χ0) is 16.4. The Kier molecular flexibility index (Phi) is 4.45. The number of aromatic nitrogens is 1. The van der Waals surface area contributed by atoms with Gasteiger partial charge in [-0.1, -0.05) is 6.92 Å². The molecule has 0 unspecified atom stereocenters. The van der Waals surface area contributed by atoms with Gasteiger partial charge in [0.1, 0.15) is 5.69 Å². The molecule has 0 aliphatic carbocycles. The second-order valence-electron chi connectivity index (χ2n) is 5.31. The highest BCUT2D eigenvalue weighted by molar-refractivity contribution is 6.02. The van der Waals surface area contributed by atoms with Crippen molar-refractivity contribution in [2.24, 2.45) is 0 Å². The first-order chi connectivity index (χ1) is 10.4. The molecule has 0 saturated carbocycles. The lowest BCUT2D eigenvalue weighted by Crippen LogP contribution is -2.14. The highest BCUT2D eigenvalue weighted by Crippen LogP contribution is 2.23. The van der Waals surface area contributed by atoms with Gasteiger partial charge >= 0.3 is 5.97 Å². The van der Waals surface area contributed by atoms with Crippen molar-refractivity contribution in [1.82, 2.24) is 4.98 Å². The monoisotopic (exact) mass is 301 g/mol. The van der Waals surface area contributed by atoms with E-state index in [9.17, 15) is 14.4 Å². The van der Waals surface area contributed by atoms with E-state index in [4.69, 9.17) is 0 Å². The van der Waals surface area contributed by atoms with E-state index >= 15 is 0 Å². The molecular formula is C17H19NO4. The van der Waals surface area contributed by atoms with Crippen molar-refractivity contribution in [2.75, 3.05) is 7.11 Å². The third kappa shape index (κ3) is 2.66. The largest absolute Gasteiger partial charge is 0.464 e. The number of carbonyl (C=O) groups is 2. The second kappa shape index (κ2) is 6.13. The van der Waals surface area contributed by atoms with Crippen LogP contribution in [0.3, 0.4) is 0 Å². The Morgan fingerprint density at radius 2 is 1.86 bits per heavy atom. The van der Waals surface area contributed by atoms with Gasteiger partial charge < -0.3 is 9.72 Å². The van der Waals surface area contributed by atoms with E-state index in [2.05, 4.69) is 9.72 Å². The molecule has 22 heavy (non-hydrogen) atoms. The van der Waals surface area contributed by atoms with Crippen molar-refractivity contribution in [3.63, 3.8) is 0 Å². The molecule has 2 rings (SSSR count). The molecule has 0 saturated heterocycles. The summed E-state index contributed by atoms with van der Waals surface area (Å²) in [6.07, 6.45) is 1.21. The van der Waals surface area contributed by atoms with Crippen molar-refractivity contribution in [3.8, 4) is 0 Å². The summed E-state index contributed by atoms with van der Waals surface area (Å²) in [5.74, 6) is -0.566. The van der Waals surface area contributed by atoms with Gasteiger partial charge in [-0.05, 0) is 37.5 Å². The van der Waals surface area contributed by atoms with E-state index in [-0.39, 0.29) is 16.9 Å². The fourth-order valence-electron chi connectivity index (χ4n) is 2.52. The Bertz CT molecular complexity index is 817. The van der Waals surface area contributed by atoms with Crippen molar-refractivity contribution in [3.05, 3.63) is 44.7 Å². The van der Waals surface area contributed by atoms with E-state index in [1.54, 1.807) is 6.07 Å². The van der Waals surface area contributed by atoms with E-state index < -0.39 is 5.97 Å². The van der Waals surface area contributed by atoms with Crippen LogP contribution in [0.4, 0.5) is 0 Å². The Morgan fingerprint density at radius 3 is 2.45 bits per heavy atom. The van der Waals surface area contributed by atoms with Gasteiger partial charge in [-0.2, -0.15) is 0 Å². The number of hydrogen-bond acceptors (Lipinski definition) is 4. The van der Waals surface area contributed by atoms with Crippen LogP contribution >= 0.6 is 0 Å². The number of pyridine rings is 1. The van der Waals surface area contributed by atoms with Crippen molar-refractivity contribution < 1.29 is 14.3 Å². The molecule has 1 aromatic carbocycles. The van der Waals surface area contributed by atoms with E-state index in [1.165, 1.54) is 13.2 Å². The molecule has 5 nitrogen and oxygen atoms in total. The number of aryl methyl sites for hydroxylation is 1. The molecule has 0 aliphatic heterocycles. The molecule has 0 spiro atoms. The Hall–Kier alpha value is -2.43. The van der Waals surface area contributed by atoms with Gasteiger partial charge in [0.05, 0.1) is 12.6 Å². The first kappa shape index (κ1) is 15.9. The van der Waals surface area contributed by atoms with E-state index in [0.29, 0.717) is 22.9 Å². The van der Waals surface area contributed by atoms with Crippen LogP contribution in [-0.4, -0.2) is 23.8 Å². The zero-order valence-corrected chi connectivity index (χ0v) is 13.2. The molecule has 0 atom stereocenters. The predicted molar refractivity (Wildman–Crippen MR) is 84.6 cm³/mol.